The van der Waals surface area contributed by atoms with Gasteiger partial charge in [0, 0.05) is 37.4 Å². The monoisotopic (exact) mass is 423 g/mol. The summed E-state index contributed by atoms with van der Waals surface area (Å²) >= 11 is 0. The van der Waals surface area contributed by atoms with Gasteiger partial charge in [-0.3, -0.25) is 0 Å². The van der Waals surface area contributed by atoms with Crippen molar-refractivity contribution in [1.82, 2.24) is 9.21 Å². The van der Waals surface area contributed by atoms with E-state index >= 15 is 0 Å². The molecular formula is C20H23F2N3O3S. The van der Waals surface area contributed by atoms with Crippen molar-refractivity contribution in [3.05, 3.63) is 54.1 Å². The summed E-state index contributed by atoms with van der Waals surface area (Å²) in [7, 11) is -1.60. The number of amides is 2. The van der Waals surface area contributed by atoms with Crippen LogP contribution in [0.15, 0.2) is 42.5 Å². The minimum atomic E-state index is -3.23. The molecule has 6 nitrogen and oxygen atoms in total. The van der Waals surface area contributed by atoms with Crippen LogP contribution in [0.4, 0.5) is 19.3 Å². The molecule has 1 saturated heterocycles. The third kappa shape index (κ3) is 5.10. The number of carbonyl (C=O) groups is 1. The first kappa shape index (κ1) is 21.2. The number of halogens is 2. The molecule has 1 fully saturated rings. The van der Waals surface area contributed by atoms with E-state index < -0.39 is 27.7 Å². The van der Waals surface area contributed by atoms with Crippen molar-refractivity contribution >= 4 is 21.7 Å². The van der Waals surface area contributed by atoms with Gasteiger partial charge in [-0.05, 0) is 48.7 Å². The highest BCUT2D eigenvalue weighted by Crippen LogP contribution is 2.26. The Morgan fingerprint density at radius 3 is 2.41 bits per heavy atom. The fourth-order valence-electron chi connectivity index (χ4n) is 3.42. The molecule has 0 spiro atoms. The zero-order valence-electron chi connectivity index (χ0n) is 16.2. The van der Waals surface area contributed by atoms with Gasteiger partial charge in [0.1, 0.15) is 11.6 Å². The molecule has 0 unspecified atom stereocenters. The lowest BCUT2D eigenvalue weighted by molar-refractivity contribution is 0.174. The molecule has 2 amide bonds. The van der Waals surface area contributed by atoms with Crippen molar-refractivity contribution in [3.8, 4) is 11.1 Å². The van der Waals surface area contributed by atoms with Crippen LogP contribution >= 0.6 is 0 Å². The number of urea groups is 1. The summed E-state index contributed by atoms with van der Waals surface area (Å²) < 4.78 is 52.4. The number of nitrogens with one attached hydrogen (secondary N) is 1. The molecule has 0 bridgehead atoms. The molecule has 1 heterocycles. The topological polar surface area (TPSA) is 69.7 Å². The van der Waals surface area contributed by atoms with Crippen LogP contribution in [0.1, 0.15) is 12.8 Å². The second-order valence-electron chi connectivity index (χ2n) is 7.14. The van der Waals surface area contributed by atoms with E-state index in [4.69, 9.17) is 0 Å². The van der Waals surface area contributed by atoms with Crippen LogP contribution in [0.2, 0.25) is 0 Å². The summed E-state index contributed by atoms with van der Waals surface area (Å²) in [5.41, 5.74) is 0.937. The summed E-state index contributed by atoms with van der Waals surface area (Å²) in [6.07, 6.45) is 2.24. The summed E-state index contributed by atoms with van der Waals surface area (Å²) in [5.74, 6) is -1.03. The van der Waals surface area contributed by atoms with Gasteiger partial charge < -0.3 is 10.2 Å². The molecule has 2 aromatic carbocycles. The van der Waals surface area contributed by atoms with Crippen molar-refractivity contribution < 1.29 is 22.0 Å². The molecule has 0 atom stereocenters. The van der Waals surface area contributed by atoms with Crippen LogP contribution in [-0.2, 0) is 10.0 Å². The average Bonchev–Trinajstić information content (AvgIpc) is 2.67. The van der Waals surface area contributed by atoms with E-state index in [0.29, 0.717) is 31.5 Å². The maximum absolute atomic E-state index is 14.5. The fourth-order valence-corrected chi connectivity index (χ4v) is 4.30. The molecule has 1 N–H and O–H groups in total. The largest absolute Gasteiger partial charge is 0.325 e. The molecular weight excluding hydrogens is 400 g/mol. The van der Waals surface area contributed by atoms with E-state index in [1.54, 1.807) is 19.2 Å². The van der Waals surface area contributed by atoms with E-state index in [1.807, 2.05) is 0 Å². The van der Waals surface area contributed by atoms with Gasteiger partial charge in [0.2, 0.25) is 10.0 Å². The first-order valence-electron chi connectivity index (χ1n) is 9.19. The van der Waals surface area contributed by atoms with E-state index in [1.165, 1.54) is 45.8 Å². The molecule has 156 valence electrons. The normalized spacial score (nSPS) is 15.9. The highest BCUT2D eigenvalue weighted by Gasteiger charge is 2.29. The summed E-state index contributed by atoms with van der Waals surface area (Å²) in [4.78, 5) is 14.0. The van der Waals surface area contributed by atoms with Crippen LogP contribution in [-0.4, -0.2) is 56.1 Å². The molecule has 29 heavy (non-hydrogen) atoms. The smallest absolute Gasteiger partial charge is 0.321 e. The van der Waals surface area contributed by atoms with Gasteiger partial charge in [0.25, 0.3) is 0 Å². The molecule has 0 saturated carbocycles. The maximum atomic E-state index is 14.5. The Balaban J connectivity index is 1.64. The van der Waals surface area contributed by atoms with Crippen LogP contribution < -0.4 is 5.32 Å². The Labute approximate surface area is 169 Å². The first-order chi connectivity index (χ1) is 13.6. The summed E-state index contributed by atoms with van der Waals surface area (Å²) in [5, 5.41) is 2.65. The number of rotatable bonds is 4. The Kier molecular flexibility index (Phi) is 6.18. The average molecular weight is 423 g/mol. The Morgan fingerprint density at radius 1 is 1.14 bits per heavy atom. The van der Waals surface area contributed by atoms with Crippen LogP contribution in [0, 0.1) is 11.6 Å². The second-order valence-corrected chi connectivity index (χ2v) is 9.12. The van der Waals surface area contributed by atoms with Crippen LogP contribution in [0.3, 0.4) is 0 Å². The van der Waals surface area contributed by atoms with Crippen molar-refractivity contribution in [2.45, 2.75) is 18.9 Å². The lowest BCUT2D eigenvalue weighted by Gasteiger charge is -2.35. The third-order valence-electron chi connectivity index (χ3n) is 5.12. The van der Waals surface area contributed by atoms with Crippen molar-refractivity contribution in [2.75, 3.05) is 31.7 Å². The minimum absolute atomic E-state index is 0.107. The number of sulfonamides is 1. The highest BCUT2D eigenvalue weighted by molar-refractivity contribution is 7.88. The highest BCUT2D eigenvalue weighted by atomic mass is 32.2. The van der Waals surface area contributed by atoms with Crippen LogP contribution in [0.25, 0.3) is 11.1 Å². The predicted molar refractivity (Wildman–Crippen MR) is 108 cm³/mol. The third-order valence-corrected chi connectivity index (χ3v) is 6.42. The standard InChI is InChI=1S/C20H23F2N3O3S/c1-24(17-8-10-25(11-9-17)29(2,27)28)20(26)23-16-6-7-18(19(22)13-16)14-4-3-5-15(21)12-14/h3-7,12-13,17H,8-11H2,1-2H3,(H,23,26). The summed E-state index contributed by atoms with van der Waals surface area (Å²) in [6, 6.07) is 9.37. The molecule has 9 heteroatoms. The molecule has 1 aliphatic rings. The predicted octanol–water partition coefficient (Wildman–Crippen LogP) is 3.52. The Hall–Kier alpha value is -2.52. The number of carbonyl (C=O) groups excluding carboxylic acids is 1. The number of anilines is 1. The van der Waals surface area contributed by atoms with Crippen molar-refractivity contribution in [3.63, 3.8) is 0 Å². The Bertz CT molecular complexity index is 1010. The van der Waals surface area contributed by atoms with Gasteiger partial charge >= 0.3 is 6.03 Å². The zero-order chi connectivity index (χ0) is 21.2. The van der Waals surface area contributed by atoms with Gasteiger partial charge in [0.05, 0.1) is 6.26 Å². The van der Waals surface area contributed by atoms with Crippen molar-refractivity contribution in [1.29, 1.82) is 0 Å². The molecule has 0 aromatic heterocycles. The number of piperidine rings is 1. The van der Waals surface area contributed by atoms with Crippen molar-refractivity contribution in [2.24, 2.45) is 0 Å². The SMILES string of the molecule is CN(C(=O)Nc1ccc(-c2cccc(F)c2)c(F)c1)C1CCN(S(C)(=O)=O)CC1. The number of hydrogen-bond donors (Lipinski definition) is 1. The first-order valence-corrected chi connectivity index (χ1v) is 11.0. The molecule has 2 aromatic rings. The fraction of sp³-hybridized carbons (Fsp3) is 0.350. The Morgan fingerprint density at radius 2 is 1.83 bits per heavy atom. The zero-order valence-corrected chi connectivity index (χ0v) is 17.0. The number of nitrogens with zero attached hydrogens (tertiary/aromatic N) is 2. The quantitative estimate of drug-likeness (QED) is 0.818. The second kappa shape index (κ2) is 8.46. The van der Waals surface area contributed by atoms with E-state index in [9.17, 15) is 22.0 Å². The lowest BCUT2D eigenvalue weighted by Crippen LogP contribution is -2.48. The van der Waals surface area contributed by atoms with Gasteiger partial charge in [-0.1, -0.05) is 12.1 Å². The van der Waals surface area contributed by atoms with Gasteiger partial charge in [-0.2, -0.15) is 0 Å². The molecule has 3 rings (SSSR count). The molecule has 0 radical (unpaired) electrons. The minimum Gasteiger partial charge on any atom is -0.325 e. The lowest BCUT2D eigenvalue weighted by atomic mass is 10.0. The van der Waals surface area contributed by atoms with E-state index in [-0.39, 0.29) is 17.3 Å². The van der Waals surface area contributed by atoms with Crippen LogP contribution in [0.5, 0.6) is 0 Å². The summed E-state index contributed by atoms with van der Waals surface area (Å²) in [6.45, 7) is 0.718. The molecule has 0 aliphatic carbocycles. The van der Waals surface area contributed by atoms with Gasteiger partial charge in [-0.25, -0.2) is 26.3 Å². The molecule has 1 aliphatic heterocycles. The van der Waals surface area contributed by atoms with E-state index in [2.05, 4.69) is 5.32 Å². The van der Waals surface area contributed by atoms with E-state index in [0.717, 1.165) is 0 Å². The number of benzene rings is 2. The van der Waals surface area contributed by atoms with Gasteiger partial charge in [-0.15, -0.1) is 0 Å². The number of hydrogen-bond acceptors (Lipinski definition) is 3. The van der Waals surface area contributed by atoms with Gasteiger partial charge in [0.15, 0.2) is 0 Å². The maximum Gasteiger partial charge on any atom is 0.321 e.